The Labute approximate surface area is 165 Å². The summed E-state index contributed by atoms with van der Waals surface area (Å²) < 4.78 is 5.70. The molecule has 2 N–H and O–H groups in total. The first-order valence-corrected chi connectivity index (χ1v) is 9.12. The van der Waals surface area contributed by atoms with Crippen LogP contribution in [0.4, 0.5) is 0 Å². The van der Waals surface area contributed by atoms with Crippen LogP contribution in [0.5, 0.6) is 5.75 Å². The van der Waals surface area contributed by atoms with Crippen molar-refractivity contribution in [1.82, 2.24) is 35.7 Å². The van der Waals surface area contributed by atoms with Crippen molar-refractivity contribution in [3.05, 3.63) is 77.4 Å². The molecule has 1 amide bonds. The highest BCUT2D eigenvalue weighted by Crippen LogP contribution is 2.29. The van der Waals surface area contributed by atoms with Crippen LogP contribution in [0.2, 0.25) is 0 Å². The van der Waals surface area contributed by atoms with Crippen LogP contribution in [0.3, 0.4) is 0 Å². The number of nitrogens with zero attached hydrogens (tertiary/aromatic N) is 5. The highest BCUT2D eigenvalue weighted by molar-refractivity contribution is 5.99. The van der Waals surface area contributed by atoms with Gasteiger partial charge in [0, 0.05) is 30.4 Å². The maximum atomic E-state index is 12.9. The number of nitrogens with one attached hydrogen (secondary N) is 2. The molecule has 1 aliphatic heterocycles. The molecule has 3 heterocycles. The van der Waals surface area contributed by atoms with Crippen LogP contribution in [0, 0.1) is 0 Å². The number of tetrazole rings is 1. The van der Waals surface area contributed by atoms with Gasteiger partial charge in [0.25, 0.3) is 5.91 Å². The number of fused-ring (bicyclic) bond motifs is 1. The van der Waals surface area contributed by atoms with Gasteiger partial charge in [-0.1, -0.05) is 29.5 Å². The van der Waals surface area contributed by atoms with Gasteiger partial charge in [0.2, 0.25) is 5.82 Å². The standard InChI is InChI=1S/C20H17N7O2/c28-20-18-7-14(16-8-21-22-9-16)4-5-15(18)11-27(20)10-13-2-1-3-17(6-13)29-12-19-23-25-26-24-19/h1-9H,10-12H2,(H,21,22)(H,23,24,25,26). The molecule has 0 radical (unpaired) electrons. The molecule has 1 aliphatic rings. The fourth-order valence-electron chi connectivity index (χ4n) is 3.42. The van der Waals surface area contributed by atoms with E-state index in [1.54, 1.807) is 6.20 Å². The van der Waals surface area contributed by atoms with Crippen LogP contribution >= 0.6 is 0 Å². The molecular formula is C20H17N7O2. The zero-order valence-electron chi connectivity index (χ0n) is 15.4. The smallest absolute Gasteiger partial charge is 0.254 e. The number of hydrogen-bond donors (Lipinski definition) is 2. The predicted molar refractivity (Wildman–Crippen MR) is 103 cm³/mol. The molecule has 0 saturated heterocycles. The molecule has 0 aliphatic carbocycles. The normalized spacial score (nSPS) is 13.0. The summed E-state index contributed by atoms with van der Waals surface area (Å²) in [6.07, 6.45) is 3.57. The lowest BCUT2D eigenvalue weighted by Crippen LogP contribution is -2.23. The van der Waals surface area contributed by atoms with E-state index in [0.29, 0.717) is 24.7 Å². The Morgan fingerprint density at radius 2 is 2.10 bits per heavy atom. The fraction of sp³-hybridized carbons (Fsp3) is 0.150. The molecule has 2 aromatic carbocycles. The second-order valence-electron chi connectivity index (χ2n) is 6.78. The van der Waals surface area contributed by atoms with E-state index in [0.717, 1.165) is 27.8 Å². The number of aromatic amines is 2. The first-order chi connectivity index (χ1) is 14.3. The number of hydrogen-bond acceptors (Lipinski definition) is 6. The van der Waals surface area contributed by atoms with Crippen molar-refractivity contribution in [2.75, 3.05) is 0 Å². The number of H-pyrrole nitrogens is 2. The largest absolute Gasteiger partial charge is 0.485 e. The first kappa shape index (κ1) is 17.1. The Morgan fingerprint density at radius 1 is 1.14 bits per heavy atom. The highest BCUT2D eigenvalue weighted by atomic mass is 16.5. The summed E-state index contributed by atoms with van der Waals surface area (Å²) in [7, 11) is 0. The van der Waals surface area contributed by atoms with E-state index in [9.17, 15) is 4.79 Å². The van der Waals surface area contributed by atoms with E-state index in [-0.39, 0.29) is 12.5 Å². The highest BCUT2D eigenvalue weighted by Gasteiger charge is 2.27. The van der Waals surface area contributed by atoms with E-state index in [4.69, 9.17) is 4.74 Å². The van der Waals surface area contributed by atoms with Crippen molar-refractivity contribution < 1.29 is 9.53 Å². The van der Waals surface area contributed by atoms with Crippen molar-refractivity contribution in [3.8, 4) is 16.9 Å². The summed E-state index contributed by atoms with van der Waals surface area (Å²) in [4.78, 5) is 14.8. The van der Waals surface area contributed by atoms with Gasteiger partial charge in [0.15, 0.2) is 6.61 Å². The predicted octanol–water partition coefficient (Wildman–Crippen LogP) is 2.32. The van der Waals surface area contributed by atoms with Gasteiger partial charge < -0.3 is 9.64 Å². The Morgan fingerprint density at radius 3 is 2.93 bits per heavy atom. The molecule has 144 valence electrons. The molecule has 29 heavy (non-hydrogen) atoms. The van der Waals surface area contributed by atoms with Gasteiger partial charge in [0.05, 0.1) is 6.20 Å². The summed E-state index contributed by atoms with van der Waals surface area (Å²) in [6.45, 7) is 1.33. The number of carbonyl (C=O) groups excluding carboxylic acids is 1. The Balaban J connectivity index is 1.29. The van der Waals surface area contributed by atoms with Crippen molar-refractivity contribution in [1.29, 1.82) is 0 Å². The van der Waals surface area contributed by atoms with Crippen LogP contribution in [-0.2, 0) is 19.7 Å². The molecule has 0 atom stereocenters. The molecule has 5 rings (SSSR count). The van der Waals surface area contributed by atoms with E-state index >= 15 is 0 Å². The number of rotatable bonds is 6. The van der Waals surface area contributed by atoms with E-state index in [1.807, 2.05) is 53.6 Å². The molecule has 0 bridgehead atoms. The van der Waals surface area contributed by atoms with Crippen molar-refractivity contribution in [3.63, 3.8) is 0 Å². The Bertz CT molecular complexity index is 1140. The minimum absolute atomic E-state index is 0.0310. The van der Waals surface area contributed by atoms with Crippen molar-refractivity contribution in [2.24, 2.45) is 0 Å². The van der Waals surface area contributed by atoms with Crippen LogP contribution in [-0.4, -0.2) is 41.6 Å². The van der Waals surface area contributed by atoms with E-state index in [1.165, 1.54) is 0 Å². The fourth-order valence-corrected chi connectivity index (χ4v) is 3.42. The third kappa shape index (κ3) is 3.45. The molecule has 0 saturated carbocycles. The van der Waals surface area contributed by atoms with Gasteiger partial charge >= 0.3 is 0 Å². The number of aromatic nitrogens is 6. The Hall–Kier alpha value is -4.01. The summed E-state index contributed by atoms with van der Waals surface area (Å²) >= 11 is 0. The van der Waals surface area contributed by atoms with Gasteiger partial charge in [-0.2, -0.15) is 10.3 Å². The van der Waals surface area contributed by atoms with Crippen LogP contribution in [0.25, 0.3) is 11.1 Å². The zero-order valence-corrected chi connectivity index (χ0v) is 15.4. The molecule has 2 aromatic heterocycles. The van der Waals surface area contributed by atoms with Gasteiger partial charge in [-0.15, -0.1) is 10.2 Å². The van der Waals surface area contributed by atoms with Crippen LogP contribution in [0.15, 0.2) is 54.9 Å². The molecule has 0 unspecified atom stereocenters. The number of benzene rings is 2. The molecule has 0 fully saturated rings. The summed E-state index contributed by atoms with van der Waals surface area (Å²) in [5.41, 5.74) is 4.71. The number of carbonyl (C=O) groups is 1. The molecule has 9 heteroatoms. The monoisotopic (exact) mass is 387 g/mol. The minimum atomic E-state index is 0.0310. The summed E-state index contributed by atoms with van der Waals surface area (Å²) in [5, 5.41) is 20.4. The number of ether oxygens (including phenoxy) is 1. The average Bonchev–Trinajstić information content (AvgIpc) is 3.50. The van der Waals surface area contributed by atoms with Crippen LogP contribution in [0.1, 0.15) is 27.3 Å². The summed E-state index contributed by atoms with van der Waals surface area (Å²) in [5.74, 6) is 1.20. The van der Waals surface area contributed by atoms with Crippen molar-refractivity contribution in [2.45, 2.75) is 19.7 Å². The van der Waals surface area contributed by atoms with E-state index in [2.05, 4.69) is 30.8 Å². The first-order valence-electron chi connectivity index (χ1n) is 9.12. The average molecular weight is 387 g/mol. The van der Waals surface area contributed by atoms with Crippen molar-refractivity contribution >= 4 is 5.91 Å². The lowest BCUT2D eigenvalue weighted by Gasteiger charge is -2.16. The maximum absolute atomic E-state index is 12.9. The van der Waals surface area contributed by atoms with E-state index < -0.39 is 0 Å². The zero-order chi connectivity index (χ0) is 19.6. The van der Waals surface area contributed by atoms with Crippen LogP contribution < -0.4 is 4.74 Å². The third-order valence-electron chi connectivity index (χ3n) is 4.85. The summed E-state index contributed by atoms with van der Waals surface area (Å²) in [6, 6.07) is 13.6. The maximum Gasteiger partial charge on any atom is 0.254 e. The van der Waals surface area contributed by atoms with Gasteiger partial charge in [-0.25, -0.2) is 0 Å². The molecular weight excluding hydrogens is 370 g/mol. The third-order valence-corrected chi connectivity index (χ3v) is 4.85. The SMILES string of the molecule is O=C1c2cc(-c3cn[nH]c3)ccc2CN1Cc1cccc(OCc2nn[nH]n2)c1. The number of amides is 1. The molecule has 9 nitrogen and oxygen atoms in total. The van der Waals surface area contributed by atoms with Gasteiger partial charge in [-0.3, -0.25) is 9.89 Å². The quantitative estimate of drug-likeness (QED) is 0.525. The van der Waals surface area contributed by atoms with Gasteiger partial charge in [-0.05, 0) is 34.9 Å². The Kier molecular flexibility index (Phi) is 4.24. The topological polar surface area (TPSA) is 113 Å². The minimum Gasteiger partial charge on any atom is -0.485 e. The lowest BCUT2D eigenvalue weighted by molar-refractivity contribution is 0.0766. The second kappa shape index (κ2) is 7.19. The molecule has 0 spiro atoms. The van der Waals surface area contributed by atoms with Gasteiger partial charge in [0.1, 0.15) is 5.75 Å². The molecule has 4 aromatic rings. The second-order valence-corrected chi connectivity index (χ2v) is 6.78. The lowest BCUT2D eigenvalue weighted by atomic mass is 10.0.